The van der Waals surface area contributed by atoms with Gasteiger partial charge in [0.25, 0.3) is 0 Å². The van der Waals surface area contributed by atoms with Crippen LogP contribution in [0.2, 0.25) is 16.6 Å². The zero-order valence-electron chi connectivity index (χ0n) is 32.9. The maximum Gasteiger partial charge on any atom is 0.319 e. The van der Waals surface area contributed by atoms with E-state index < -0.39 is 37.5 Å². The van der Waals surface area contributed by atoms with Crippen molar-refractivity contribution in [3.8, 4) is 34.5 Å². The van der Waals surface area contributed by atoms with Crippen molar-refractivity contribution < 1.29 is 28.1 Å². The number of aryl methyl sites for hydroxylation is 1. The van der Waals surface area contributed by atoms with Crippen LogP contribution in [-0.4, -0.2) is 88.2 Å². The number of ether oxygens (including phenoxy) is 1. The summed E-state index contributed by atoms with van der Waals surface area (Å²) < 4.78 is 54.6. The summed E-state index contributed by atoms with van der Waals surface area (Å²) in [6, 6.07) is 5.63. The number of aromatic nitrogens is 3. The van der Waals surface area contributed by atoms with Crippen LogP contribution >= 0.6 is 0 Å². The number of hydrogen-bond donors (Lipinski definition) is 2. The molecule has 2 aromatic heterocycles. The van der Waals surface area contributed by atoms with Crippen LogP contribution in [0.5, 0.6) is 11.8 Å². The van der Waals surface area contributed by atoms with Crippen molar-refractivity contribution in [3.63, 3.8) is 0 Å². The first-order valence-corrected chi connectivity index (χ1v) is 22.2. The second-order valence-electron chi connectivity index (χ2n) is 17.6. The maximum atomic E-state index is 17.5. The lowest BCUT2D eigenvalue weighted by atomic mass is 9.95. The van der Waals surface area contributed by atoms with Crippen LogP contribution in [0.15, 0.2) is 24.3 Å². The fourth-order valence-corrected chi connectivity index (χ4v) is 16.2. The molecule has 0 radical (unpaired) electrons. The summed E-state index contributed by atoms with van der Waals surface area (Å²) in [7, 11) is -2.30. The standard InChI is InChI=1S/C43H52F3N5O3Si/c1-23(2)55(24(3)4,25(5)6)14-11-31-33(45)10-9-28-17-30(52)18-32(37(28)31)39-38(46)40-36(26(7)47-39)41(51-20-27-15-34(51)35(53)16-27)49-42(48-40)54-22-43-12-8-13-50(43)21-29(44)19-43/h9-10,17-18,23-25,27,29,34-35,52-53H,8,12-13,15-16,19-22H2,1-7H3/t27?,29-,34?,35?,43+/m1/s1. The number of hydrogen-bond acceptors (Lipinski definition) is 8. The largest absolute Gasteiger partial charge is 0.508 e. The number of aliphatic hydroxyl groups is 1. The molecule has 3 unspecified atom stereocenters. The first kappa shape index (κ1) is 38.0. The van der Waals surface area contributed by atoms with E-state index >= 15 is 8.78 Å². The van der Waals surface area contributed by atoms with E-state index in [1.54, 1.807) is 13.0 Å². The molecule has 12 heteroatoms. The number of nitrogens with zero attached hydrogens (tertiary/aromatic N) is 5. The van der Waals surface area contributed by atoms with Crippen molar-refractivity contribution in [3.05, 3.63) is 47.2 Å². The Balaban J connectivity index is 1.32. The fraction of sp³-hybridized carbons (Fsp3) is 0.558. The lowest BCUT2D eigenvalue weighted by Gasteiger charge is -2.38. The summed E-state index contributed by atoms with van der Waals surface area (Å²) >= 11 is 0. The van der Waals surface area contributed by atoms with Crippen LogP contribution in [0.25, 0.3) is 32.9 Å². The molecule has 292 valence electrons. The number of pyridine rings is 1. The van der Waals surface area contributed by atoms with E-state index in [4.69, 9.17) is 14.7 Å². The third-order valence-electron chi connectivity index (χ3n) is 13.5. The number of rotatable bonds is 8. The monoisotopic (exact) mass is 771 g/mol. The second-order valence-corrected chi connectivity index (χ2v) is 23.1. The van der Waals surface area contributed by atoms with Gasteiger partial charge >= 0.3 is 6.01 Å². The smallest absolute Gasteiger partial charge is 0.319 e. The van der Waals surface area contributed by atoms with Gasteiger partial charge in [0.2, 0.25) is 0 Å². The first-order valence-electron chi connectivity index (χ1n) is 20.0. The van der Waals surface area contributed by atoms with Gasteiger partial charge in [-0.25, -0.2) is 18.2 Å². The SMILES string of the molecule is Cc1nc(-c2cc(O)cc3ccc(F)c(C#C[Si](C(C)C)(C(C)C)C(C)C)c23)c(F)c2nc(OC[C@@]34CCCN3C[C@H](F)C4)nc(N3CC4CC(O)C3C4)c12. The summed E-state index contributed by atoms with van der Waals surface area (Å²) in [6.07, 6.45) is 2.10. The average molecular weight is 772 g/mol. The Morgan fingerprint density at radius 1 is 1.00 bits per heavy atom. The Morgan fingerprint density at radius 2 is 1.75 bits per heavy atom. The zero-order valence-corrected chi connectivity index (χ0v) is 33.9. The Labute approximate surface area is 322 Å². The van der Waals surface area contributed by atoms with Gasteiger partial charge in [-0.3, -0.25) is 4.90 Å². The Bertz CT molecular complexity index is 2220. The average Bonchev–Trinajstić information content (AvgIpc) is 3.88. The molecule has 8 nitrogen and oxygen atoms in total. The van der Waals surface area contributed by atoms with Gasteiger partial charge in [-0.1, -0.05) is 53.5 Å². The van der Waals surface area contributed by atoms with Gasteiger partial charge in [0.1, 0.15) is 49.4 Å². The molecule has 3 aliphatic heterocycles. The number of alkyl halides is 1. The lowest BCUT2D eigenvalue weighted by molar-refractivity contribution is 0.107. The van der Waals surface area contributed by atoms with E-state index in [1.165, 1.54) is 18.2 Å². The van der Waals surface area contributed by atoms with Crippen LogP contribution in [0.4, 0.5) is 19.0 Å². The van der Waals surface area contributed by atoms with Crippen molar-refractivity contribution in [2.45, 2.75) is 121 Å². The number of piperidine rings is 1. The van der Waals surface area contributed by atoms with E-state index in [9.17, 15) is 14.6 Å². The number of phenolic OH excluding ortho intramolecular Hbond substituents is 1. The van der Waals surface area contributed by atoms with Crippen LogP contribution in [0.1, 0.15) is 84.9 Å². The number of benzene rings is 2. The maximum absolute atomic E-state index is 17.5. The van der Waals surface area contributed by atoms with Gasteiger partial charge in [0.15, 0.2) is 5.82 Å². The first-order chi connectivity index (χ1) is 26.1. The molecule has 0 spiro atoms. The van der Waals surface area contributed by atoms with Gasteiger partial charge in [-0.2, -0.15) is 9.97 Å². The number of fused-ring (bicyclic) bond motifs is 5. The highest BCUT2D eigenvalue weighted by atomic mass is 28.3. The van der Waals surface area contributed by atoms with Crippen molar-refractivity contribution in [2.75, 3.05) is 31.1 Å². The van der Waals surface area contributed by atoms with Crippen LogP contribution in [-0.2, 0) is 0 Å². The molecule has 3 saturated heterocycles. The quantitative estimate of drug-likeness (QED) is 0.136. The second kappa shape index (κ2) is 13.9. The minimum Gasteiger partial charge on any atom is -0.508 e. The van der Waals surface area contributed by atoms with Crippen molar-refractivity contribution >= 4 is 35.6 Å². The highest BCUT2D eigenvalue weighted by Crippen LogP contribution is 2.46. The van der Waals surface area contributed by atoms with Gasteiger partial charge in [-0.05, 0) is 85.3 Å². The number of halogens is 3. The summed E-state index contributed by atoms with van der Waals surface area (Å²) in [5.41, 5.74) is 4.74. The predicted molar refractivity (Wildman–Crippen MR) is 213 cm³/mol. The summed E-state index contributed by atoms with van der Waals surface area (Å²) in [4.78, 5) is 18.5. The molecule has 2 aromatic carbocycles. The molecule has 55 heavy (non-hydrogen) atoms. The van der Waals surface area contributed by atoms with Crippen molar-refractivity contribution in [1.29, 1.82) is 0 Å². The normalized spacial score (nSPS) is 25.2. The van der Waals surface area contributed by atoms with Crippen LogP contribution in [0.3, 0.4) is 0 Å². The molecule has 8 rings (SSSR count). The minimum atomic E-state index is -2.30. The molecule has 5 atom stereocenters. The zero-order chi connectivity index (χ0) is 39.1. The molecule has 4 aliphatic rings. The fourth-order valence-electron chi connectivity index (χ4n) is 11.0. The summed E-state index contributed by atoms with van der Waals surface area (Å²) in [6.45, 7) is 16.9. The van der Waals surface area contributed by atoms with Crippen LogP contribution in [0, 0.1) is 35.9 Å². The molecule has 4 fully saturated rings. The third-order valence-corrected chi connectivity index (χ3v) is 19.7. The molecular formula is C43H52F3N5O3Si. The molecule has 2 N–H and O–H groups in total. The van der Waals surface area contributed by atoms with Crippen molar-refractivity contribution in [1.82, 2.24) is 19.9 Å². The predicted octanol–water partition coefficient (Wildman–Crippen LogP) is 8.62. The van der Waals surface area contributed by atoms with Gasteiger partial charge < -0.3 is 19.8 Å². The number of aromatic hydroxyl groups is 1. The van der Waals surface area contributed by atoms with E-state index in [0.717, 1.165) is 25.8 Å². The third kappa shape index (κ3) is 6.16. The van der Waals surface area contributed by atoms with Gasteiger partial charge in [0, 0.05) is 30.5 Å². The highest BCUT2D eigenvalue weighted by molar-refractivity contribution is 6.90. The van der Waals surface area contributed by atoms with Crippen LogP contribution < -0.4 is 9.64 Å². The summed E-state index contributed by atoms with van der Waals surface area (Å²) in [5, 5.41) is 23.2. The van der Waals surface area contributed by atoms with E-state index in [-0.39, 0.29) is 52.7 Å². The number of phenols is 1. The number of anilines is 1. The Hall–Kier alpha value is -3.92. The van der Waals surface area contributed by atoms with E-state index in [2.05, 4.69) is 62.9 Å². The topological polar surface area (TPSA) is 94.8 Å². The van der Waals surface area contributed by atoms with E-state index in [1.807, 2.05) is 4.90 Å². The Kier molecular flexibility index (Phi) is 9.61. The van der Waals surface area contributed by atoms with Gasteiger partial charge in [0.05, 0.1) is 34.3 Å². The molecule has 1 saturated carbocycles. The Morgan fingerprint density at radius 3 is 2.44 bits per heavy atom. The number of aliphatic hydroxyl groups excluding tert-OH is 1. The summed E-state index contributed by atoms with van der Waals surface area (Å²) in [5.74, 6) is 2.56. The van der Waals surface area contributed by atoms with Gasteiger partial charge in [-0.15, -0.1) is 5.54 Å². The highest BCUT2D eigenvalue weighted by Gasteiger charge is 2.50. The minimum absolute atomic E-state index is 0.0262. The molecule has 4 aromatic rings. The molecule has 1 aliphatic carbocycles. The molecule has 5 heterocycles. The van der Waals surface area contributed by atoms with E-state index in [0.29, 0.717) is 70.2 Å². The van der Waals surface area contributed by atoms with Crippen molar-refractivity contribution in [2.24, 2.45) is 5.92 Å². The lowest BCUT2D eigenvalue weighted by Crippen LogP contribution is -2.44. The molecular weight excluding hydrogens is 720 g/mol. The molecule has 0 amide bonds. The molecule has 2 bridgehead atoms.